The summed E-state index contributed by atoms with van der Waals surface area (Å²) in [6.45, 7) is 5.34. The zero-order valence-electron chi connectivity index (χ0n) is 19.4. The Morgan fingerprint density at radius 3 is 2.30 bits per heavy atom. The van der Waals surface area contributed by atoms with Crippen molar-refractivity contribution < 1.29 is 19.4 Å². The number of aliphatic hydroxyl groups excluding tert-OH is 1. The molecular weight excluding hydrogens is 416 g/mol. The predicted octanol–water partition coefficient (Wildman–Crippen LogP) is 4.41. The second kappa shape index (κ2) is 11.0. The Hall–Kier alpha value is -3.35. The van der Waals surface area contributed by atoms with Crippen LogP contribution in [0.15, 0.2) is 72.8 Å². The third kappa shape index (κ3) is 6.81. The summed E-state index contributed by atoms with van der Waals surface area (Å²) in [6, 6.07) is 23.9. The third-order valence-corrected chi connectivity index (χ3v) is 5.12. The number of carbonyl (C=O) groups is 1. The minimum Gasteiger partial charge on any atom is -0.489 e. The number of anilines is 1. The molecule has 6 heteroatoms. The minimum atomic E-state index is -1.37. The molecule has 1 atom stereocenters. The lowest BCUT2D eigenvalue weighted by Crippen LogP contribution is -2.51. The van der Waals surface area contributed by atoms with Crippen LogP contribution in [-0.4, -0.2) is 35.9 Å². The van der Waals surface area contributed by atoms with E-state index < -0.39 is 18.1 Å². The van der Waals surface area contributed by atoms with Gasteiger partial charge in [-0.05, 0) is 49.6 Å². The Morgan fingerprint density at radius 1 is 1.00 bits per heavy atom. The highest BCUT2D eigenvalue weighted by molar-refractivity contribution is 5.98. The van der Waals surface area contributed by atoms with Crippen LogP contribution >= 0.6 is 0 Å². The summed E-state index contributed by atoms with van der Waals surface area (Å²) >= 11 is 0. The van der Waals surface area contributed by atoms with E-state index in [1.807, 2.05) is 32.0 Å². The molecule has 0 fully saturated rings. The largest absolute Gasteiger partial charge is 0.489 e. The maximum atomic E-state index is 12.3. The van der Waals surface area contributed by atoms with Gasteiger partial charge in [0.2, 0.25) is 5.91 Å². The molecule has 0 aliphatic carbocycles. The fraction of sp³-hybridized carbons (Fsp3) is 0.296. The van der Waals surface area contributed by atoms with Crippen LogP contribution < -0.4 is 20.5 Å². The monoisotopic (exact) mass is 448 g/mol. The van der Waals surface area contributed by atoms with Crippen molar-refractivity contribution in [2.24, 2.45) is 5.73 Å². The predicted molar refractivity (Wildman–Crippen MR) is 132 cm³/mol. The Labute approximate surface area is 195 Å². The normalized spacial score (nSPS) is 12.8. The van der Waals surface area contributed by atoms with Crippen LogP contribution in [0, 0.1) is 0 Å². The summed E-state index contributed by atoms with van der Waals surface area (Å²) in [5.41, 5.74) is 8.50. The molecule has 0 spiro atoms. The van der Waals surface area contributed by atoms with Crippen molar-refractivity contribution in [1.82, 2.24) is 0 Å². The molecule has 0 aliphatic heterocycles. The van der Waals surface area contributed by atoms with Gasteiger partial charge in [0, 0.05) is 18.2 Å². The van der Waals surface area contributed by atoms with Gasteiger partial charge in [0.25, 0.3) is 0 Å². The molecule has 0 aliphatic rings. The number of hydrogen-bond acceptors (Lipinski definition) is 5. The van der Waals surface area contributed by atoms with Gasteiger partial charge in [-0.25, -0.2) is 0 Å². The smallest absolute Gasteiger partial charge is 0.246 e. The molecule has 1 amide bonds. The van der Waals surface area contributed by atoms with E-state index in [9.17, 15) is 9.90 Å². The molecule has 0 bridgehead atoms. The number of hydrogen-bond donors (Lipinski definition) is 3. The van der Waals surface area contributed by atoms with E-state index in [0.717, 1.165) is 6.42 Å². The van der Waals surface area contributed by atoms with Gasteiger partial charge in [0.05, 0.1) is 19.3 Å². The lowest BCUT2D eigenvalue weighted by atomic mass is 10.0. The van der Waals surface area contributed by atoms with Gasteiger partial charge in [-0.1, -0.05) is 54.6 Å². The maximum absolute atomic E-state index is 12.3. The Morgan fingerprint density at radius 2 is 1.67 bits per heavy atom. The van der Waals surface area contributed by atoms with Gasteiger partial charge in [0.1, 0.15) is 5.54 Å². The zero-order chi connectivity index (χ0) is 23.8. The standard InChI is InChI=1S/C27H32N2O4/c1-19(2)33-25-17-23(29-26(31)27(3,28)18-30)13-14-24(25)32-16-15-20-9-11-22(12-10-20)21-7-5-4-6-8-21/h4-14,17,19,30H,15-16,18,28H2,1-3H3,(H,29,31)/t27-/m0/s1. The molecule has 3 rings (SSSR count). The highest BCUT2D eigenvalue weighted by Gasteiger charge is 2.27. The van der Waals surface area contributed by atoms with Crippen LogP contribution in [0.25, 0.3) is 11.1 Å². The van der Waals surface area contributed by atoms with Crippen LogP contribution in [0.1, 0.15) is 26.3 Å². The zero-order valence-corrected chi connectivity index (χ0v) is 19.4. The molecule has 0 unspecified atom stereocenters. The van der Waals surface area contributed by atoms with Crippen LogP contribution in [-0.2, 0) is 11.2 Å². The van der Waals surface area contributed by atoms with Gasteiger partial charge in [-0.3, -0.25) is 4.79 Å². The van der Waals surface area contributed by atoms with Crippen LogP contribution in [0.5, 0.6) is 11.5 Å². The molecule has 6 nitrogen and oxygen atoms in total. The Bertz CT molecular complexity index is 1050. The average Bonchev–Trinajstić information content (AvgIpc) is 2.81. The van der Waals surface area contributed by atoms with E-state index in [0.29, 0.717) is 23.8 Å². The highest BCUT2D eigenvalue weighted by atomic mass is 16.5. The molecule has 0 saturated heterocycles. The first-order chi connectivity index (χ1) is 15.8. The van der Waals surface area contributed by atoms with Crippen LogP contribution in [0.2, 0.25) is 0 Å². The van der Waals surface area contributed by atoms with Gasteiger partial charge in [-0.2, -0.15) is 0 Å². The molecule has 0 aromatic heterocycles. The molecule has 0 heterocycles. The summed E-state index contributed by atoms with van der Waals surface area (Å²) in [5.74, 6) is 0.651. The van der Waals surface area contributed by atoms with E-state index in [-0.39, 0.29) is 6.10 Å². The van der Waals surface area contributed by atoms with Gasteiger partial charge < -0.3 is 25.6 Å². The number of nitrogens with two attached hydrogens (primary N) is 1. The van der Waals surface area contributed by atoms with E-state index >= 15 is 0 Å². The Kier molecular flexibility index (Phi) is 8.09. The van der Waals surface area contributed by atoms with Crippen molar-refractivity contribution >= 4 is 11.6 Å². The minimum absolute atomic E-state index is 0.0685. The molecule has 0 saturated carbocycles. The molecule has 4 N–H and O–H groups in total. The number of carbonyl (C=O) groups excluding carboxylic acids is 1. The lowest BCUT2D eigenvalue weighted by Gasteiger charge is -2.21. The van der Waals surface area contributed by atoms with Crippen LogP contribution in [0.3, 0.4) is 0 Å². The van der Waals surface area contributed by atoms with Gasteiger partial charge in [-0.15, -0.1) is 0 Å². The third-order valence-electron chi connectivity index (χ3n) is 5.12. The van der Waals surface area contributed by atoms with E-state index in [1.165, 1.54) is 23.6 Å². The fourth-order valence-electron chi connectivity index (χ4n) is 3.17. The van der Waals surface area contributed by atoms with E-state index in [1.54, 1.807) is 18.2 Å². The summed E-state index contributed by atoms with van der Waals surface area (Å²) < 4.78 is 11.9. The second-order valence-corrected chi connectivity index (χ2v) is 8.52. The number of rotatable bonds is 10. The second-order valence-electron chi connectivity index (χ2n) is 8.52. The van der Waals surface area contributed by atoms with Crippen molar-refractivity contribution in [3.8, 4) is 22.6 Å². The molecule has 174 valence electrons. The van der Waals surface area contributed by atoms with Crippen molar-refractivity contribution in [3.63, 3.8) is 0 Å². The topological polar surface area (TPSA) is 93.8 Å². The van der Waals surface area contributed by atoms with Crippen molar-refractivity contribution in [2.75, 3.05) is 18.5 Å². The fourth-order valence-corrected chi connectivity index (χ4v) is 3.17. The van der Waals surface area contributed by atoms with Crippen molar-refractivity contribution in [2.45, 2.75) is 38.8 Å². The summed E-state index contributed by atoms with van der Waals surface area (Å²) in [4.78, 5) is 12.3. The Balaban J connectivity index is 1.64. The highest BCUT2D eigenvalue weighted by Crippen LogP contribution is 2.32. The van der Waals surface area contributed by atoms with Crippen LogP contribution in [0.4, 0.5) is 5.69 Å². The first kappa shape index (κ1) is 24.3. The average molecular weight is 449 g/mol. The SMILES string of the molecule is CC(C)Oc1cc(NC(=O)[C@@](C)(N)CO)ccc1OCCc1ccc(-c2ccccc2)cc1. The summed E-state index contributed by atoms with van der Waals surface area (Å²) in [5, 5.41) is 12.0. The molecule has 3 aromatic rings. The molecule has 33 heavy (non-hydrogen) atoms. The summed E-state index contributed by atoms with van der Waals surface area (Å²) in [7, 11) is 0. The van der Waals surface area contributed by atoms with Crippen molar-refractivity contribution in [1.29, 1.82) is 0 Å². The first-order valence-corrected chi connectivity index (χ1v) is 11.1. The number of benzene rings is 3. The number of amides is 1. The number of aliphatic hydroxyl groups is 1. The van der Waals surface area contributed by atoms with E-state index in [2.05, 4.69) is 41.7 Å². The molecule has 3 aromatic carbocycles. The van der Waals surface area contributed by atoms with Gasteiger partial charge >= 0.3 is 0 Å². The maximum Gasteiger partial charge on any atom is 0.246 e. The van der Waals surface area contributed by atoms with Crippen molar-refractivity contribution in [3.05, 3.63) is 78.4 Å². The molecular formula is C27H32N2O4. The van der Waals surface area contributed by atoms with E-state index in [4.69, 9.17) is 15.2 Å². The number of ether oxygens (including phenoxy) is 2. The first-order valence-electron chi connectivity index (χ1n) is 11.1. The molecule has 0 radical (unpaired) electrons. The number of nitrogens with one attached hydrogen (secondary N) is 1. The lowest BCUT2D eigenvalue weighted by molar-refractivity contribution is -0.121. The van der Waals surface area contributed by atoms with Gasteiger partial charge in [0.15, 0.2) is 11.5 Å². The quantitative estimate of drug-likeness (QED) is 0.427. The summed E-state index contributed by atoms with van der Waals surface area (Å²) in [6.07, 6.45) is 0.678.